The molecule has 0 heterocycles. The summed E-state index contributed by atoms with van der Waals surface area (Å²) >= 11 is 0. The Kier molecular flexibility index (Phi) is 12.8. The van der Waals surface area contributed by atoms with E-state index >= 15 is 0 Å². The van der Waals surface area contributed by atoms with E-state index in [-0.39, 0.29) is 12.8 Å². The molecule has 7 aromatic rings. The molecule has 1 aliphatic carbocycles. The van der Waals surface area contributed by atoms with Crippen LogP contribution in [-0.2, 0) is 10.2 Å². The Balaban J connectivity index is 0.00000612. The third-order valence-corrected chi connectivity index (χ3v) is 11.8. The van der Waals surface area contributed by atoms with Crippen LogP contribution in [0.15, 0.2) is 170 Å². The molecule has 7 heteroatoms. The molecule has 0 radical (unpaired) electrons. The van der Waals surface area contributed by atoms with Gasteiger partial charge < -0.3 is 23.8 Å². The topological polar surface area (TPSA) is 74.3 Å². The van der Waals surface area contributed by atoms with E-state index in [1.807, 2.05) is 72.8 Å². The molecule has 7 nitrogen and oxygen atoms in total. The molecule has 0 atom stereocenters. The van der Waals surface area contributed by atoms with Crippen LogP contribution in [0.3, 0.4) is 0 Å². The number of benzene rings is 7. The average Bonchev–Trinajstić information content (AvgIpc) is 3.31. The van der Waals surface area contributed by atoms with Gasteiger partial charge in [0.2, 0.25) is 0 Å². The highest BCUT2D eigenvalue weighted by atomic mass is 16.7. The molecule has 7 aromatic carbocycles. The number of aryl methyl sites for hydroxylation is 2. The van der Waals surface area contributed by atoms with Gasteiger partial charge in [0.25, 0.3) is 0 Å². The van der Waals surface area contributed by atoms with Gasteiger partial charge in [-0.15, -0.1) is 0 Å². The van der Waals surface area contributed by atoms with Crippen LogP contribution in [0.5, 0.6) is 23.0 Å². The maximum absolute atomic E-state index is 13.1. The zero-order valence-electron chi connectivity index (χ0n) is 36.2. The Bertz CT molecular complexity index is 2620. The number of anilines is 3. The fourth-order valence-corrected chi connectivity index (χ4v) is 8.49. The van der Waals surface area contributed by atoms with Crippen molar-refractivity contribution in [2.75, 3.05) is 12.0 Å². The summed E-state index contributed by atoms with van der Waals surface area (Å²) in [5.41, 5.74) is 11.8. The molecule has 0 saturated heterocycles. The zero-order chi connectivity index (χ0) is 43.8. The van der Waals surface area contributed by atoms with Crippen LogP contribution in [0, 0.1) is 13.8 Å². The van der Waals surface area contributed by atoms with Gasteiger partial charge in [-0.3, -0.25) is 4.79 Å². The summed E-state index contributed by atoms with van der Waals surface area (Å²) in [6.45, 7) is 5.60. The summed E-state index contributed by atoms with van der Waals surface area (Å²) in [7, 11) is 1.66. The zero-order valence-corrected chi connectivity index (χ0v) is 36.2. The van der Waals surface area contributed by atoms with E-state index in [9.17, 15) is 9.59 Å². The highest BCUT2D eigenvalue weighted by Gasteiger charge is 2.36. The first kappa shape index (κ1) is 42.3. The van der Waals surface area contributed by atoms with Crippen LogP contribution >= 0.6 is 0 Å². The van der Waals surface area contributed by atoms with Crippen molar-refractivity contribution in [3.8, 4) is 23.0 Å². The molecule has 0 bridgehead atoms. The van der Waals surface area contributed by atoms with Crippen molar-refractivity contribution < 1.29 is 30.0 Å². The number of hydrogen-bond acceptors (Lipinski definition) is 7. The van der Waals surface area contributed by atoms with E-state index in [0.717, 1.165) is 76.3 Å². The summed E-state index contributed by atoms with van der Waals surface area (Å²) in [6, 6.07) is 56.7. The van der Waals surface area contributed by atoms with Gasteiger partial charge in [0, 0.05) is 30.8 Å². The van der Waals surface area contributed by atoms with Gasteiger partial charge in [-0.1, -0.05) is 115 Å². The monoisotopic (exact) mass is 835 g/mol. The van der Waals surface area contributed by atoms with Gasteiger partial charge in [-0.2, -0.15) is 0 Å². The van der Waals surface area contributed by atoms with E-state index in [4.69, 9.17) is 18.9 Å². The molecule has 1 fully saturated rings. The molecule has 0 spiro atoms. The van der Waals surface area contributed by atoms with Crippen molar-refractivity contribution in [2.24, 2.45) is 0 Å². The van der Waals surface area contributed by atoms with Crippen LogP contribution in [0.25, 0.3) is 11.6 Å². The maximum Gasteiger partial charge on any atom is 0.519 e. The minimum absolute atomic E-state index is 0. The van der Waals surface area contributed by atoms with Gasteiger partial charge in [0.1, 0.15) is 23.0 Å². The largest absolute Gasteiger partial charge is 0.519 e. The molecule has 63 heavy (non-hydrogen) atoms. The van der Waals surface area contributed by atoms with Crippen molar-refractivity contribution in [1.82, 2.24) is 0 Å². The Morgan fingerprint density at radius 3 is 1.33 bits per heavy atom. The lowest BCUT2D eigenvalue weighted by atomic mass is 9.65. The molecule has 1 aliphatic rings. The van der Waals surface area contributed by atoms with Crippen LogP contribution in [0.1, 0.15) is 79.4 Å². The lowest BCUT2D eigenvalue weighted by Gasteiger charge is -2.38. The number of nitrogens with zero attached hydrogens (tertiary/aromatic N) is 1. The summed E-state index contributed by atoms with van der Waals surface area (Å²) in [5, 5.41) is 0. The minimum Gasteiger partial charge on any atom is -0.497 e. The second kappa shape index (κ2) is 19.1. The molecule has 0 aliphatic heterocycles. The average molecular weight is 836 g/mol. The molecule has 8 rings (SSSR count). The lowest BCUT2D eigenvalue weighted by molar-refractivity contribution is -0.131. The molecule has 0 aromatic heterocycles. The van der Waals surface area contributed by atoms with Gasteiger partial charge in [-0.05, 0) is 151 Å². The first-order valence-corrected chi connectivity index (χ1v) is 21.5. The number of carbonyl (C=O) groups excluding carboxylic acids is 2. The van der Waals surface area contributed by atoms with E-state index in [1.54, 1.807) is 19.2 Å². The normalized spacial score (nSPS) is 13.4. The number of methoxy groups -OCH3 is 1. The Labute approximate surface area is 371 Å². The van der Waals surface area contributed by atoms with Crippen molar-refractivity contribution in [1.29, 1.82) is 0 Å². The smallest absolute Gasteiger partial charge is 0.497 e. The summed E-state index contributed by atoms with van der Waals surface area (Å²) in [4.78, 5) is 26.8. The van der Waals surface area contributed by atoms with Crippen molar-refractivity contribution in [3.63, 3.8) is 0 Å². The quantitative estimate of drug-likeness (QED) is 0.0525. The third-order valence-electron chi connectivity index (χ3n) is 11.8. The maximum atomic E-state index is 13.1. The van der Waals surface area contributed by atoms with E-state index < -0.39 is 6.16 Å². The van der Waals surface area contributed by atoms with Gasteiger partial charge in [-0.25, -0.2) is 4.79 Å². The predicted octanol–water partition coefficient (Wildman–Crippen LogP) is 14.4. The highest BCUT2D eigenvalue weighted by molar-refractivity contribution is 5.92. The minimum atomic E-state index is -0.819. The van der Waals surface area contributed by atoms with Crippen molar-refractivity contribution in [2.45, 2.75) is 58.3 Å². The van der Waals surface area contributed by atoms with Gasteiger partial charge in [0.15, 0.2) is 0 Å². The number of carbonyl (C=O) groups is 2. The first-order valence-electron chi connectivity index (χ1n) is 21.5. The third kappa shape index (κ3) is 10.1. The van der Waals surface area contributed by atoms with Gasteiger partial charge >= 0.3 is 12.1 Å². The number of hydrogen-bond donors (Lipinski definition) is 0. The molecule has 0 unspecified atom stereocenters. The van der Waals surface area contributed by atoms with Crippen LogP contribution < -0.4 is 23.8 Å². The highest BCUT2D eigenvalue weighted by Crippen LogP contribution is 2.46. The van der Waals surface area contributed by atoms with Crippen molar-refractivity contribution >= 4 is 40.8 Å². The molecule has 0 N–H and O–H groups in total. The standard InChI is InChI=1S/C56H51NO6.H2/c1-39-8-22-47(23-9-39)57(48-24-10-40(2)11-25-48)49-26-12-42(13-27-49)38-54(43-14-28-50(60-4)29-15-43)44-16-30-52(31-17-44)62-55(59)63-53-34-20-46(21-35-53)56(36-6-5-7-37-56)45-18-32-51(33-19-45)61-41(3)58;/h8-35,38H,5-7,36-37H2,1-4H3;1H. The molecule has 0 amide bonds. The Hall–Kier alpha value is -7.38. The van der Waals surface area contributed by atoms with E-state index in [2.05, 4.69) is 110 Å². The predicted molar refractivity (Wildman–Crippen MR) is 254 cm³/mol. The number of esters is 1. The summed E-state index contributed by atoms with van der Waals surface area (Å²) in [5.74, 6) is 1.72. The van der Waals surface area contributed by atoms with E-state index in [1.165, 1.54) is 30.0 Å². The van der Waals surface area contributed by atoms with Crippen LogP contribution in [0.2, 0.25) is 0 Å². The second-order valence-corrected chi connectivity index (χ2v) is 16.1. The Morgan fingerprint density at radius 2 is 0.905 bits per heavy atom. The molecular formula is C56H53NO6. The summed E-state index contributed by atoms with van der Waals surface area (Å²) in [6.07, 6.45) is 6.77. The van der Waals surface area contributed by atoms with Crippen LogP contribution in [-0.4, -0.2) is 19.2 Å². The molecule has 1 saturated carbocycles. The fraction of sp³-hybridized carbons (Fsp3) is 0.179. The lowest BCUT2D eigenvalue weighted by Crippen LogP contribution is -2.30. The number of ether oxygens (including phenoxy) is 4. The van der Waals surface area contributed by atoms with Crippen LogP contribution in [0.4, 0.5) is 21.9 Å². The number of rotatable bonds is 12. The fourth-order valence-electron chi connectivity index (χ4n) is 8.49. The first-order chi connectivity index (χ1) is 30.7. The molecular weight excluding hydrogens is 783 g/mol. The second-order valence-electron chi connectivity index (χ2n) is 16.1. The SMILES string of the molecule is COc1ccc(C(=Cc2ccc(N(c3ccc(C)cc3)c3ccc(C)cc3)cc2)c2ccc(OC(=O)Oc3ccc(C4(c5ccc(OC(C)=O)cc5)CCCCC4)cc3)cc2)cc1.[HH]. The van der Waals surface area contributed by atoms with Gasteiger partial charge in [0.05, 0.1) is 7.11 Å². The molecule has 318 valence electrons. The summed E-state index contributed by atoms with van der Waals surface area (Å²) < 4.78 is 22.1. The Morgan fingerprint density at radius 1 is 0.508 bits per heavy atom. The van der Waals surface area contributed by atoms with Crippen molar-refractivity contribution in [3.05, 3.63) is 209 Å². The van der Waals surface area contributed by atoms with E-state index in [0.29, 0.717) is 17.2 Å².